The van der Waals surface area contributed by atoms with Gasteiger partial charge in [0.2, 0.25) is 0 Å². The lowest BCUT2D eigenvalue weighted by atomic mass is 9.77. The fourth-order valence-corrected chi connectivity index (χ4v) is 3.43. The third-order valence-corrected chi connectivity index (χ3v) is 4.56. The molecule has 1 aliphatic carbocycles. The summed E-state index contributed by atoms with van der Waals surface area (Å²) < 4.78 is 0. The molecular formula is C18H22N2. The molecule has 2 nitrogen and oxygen atoms in total. The van der Waals surface area contributed by atoms with Crippen LogP contribution >= 0.6 is 0 Å². The number of hydrogen-bond acceptors (Lipinski definition) is 2. The highest BCUT2D eigenvalue weighted by Gasteiger charge is 2.27. The maximum absolute atomic E-state index is 5.87. The van der Waals surface area contributed by atoms with Crippen LogP contribution in [-0.2, 0) is 12.8 Å². The van der Waals surface area contributed by atoms with E-state index in [2.05, 4.69) is 60.9 Å². The minimum Gasteiger partial charge on any atom is -0.271 e. The molecule has 0 radical (unpaired) electrons. The van der Waals surface area contributed by atoms with Crippen LogP contribution < -0.4 is 11.3 Å². The van der Waals surface area contributed by atoms with Crippen LogP contribution in [-0.4, -0.2) is 0 Å². The second-order valence-electron chi connectivity index (χ2n) is 5.77. The Morgan fingerprint density at radius 1 is 1.05 bits per heavy atom. The van der Waals surface area contributed by atoms with Crippen molar-refractivity contribution in [3.8, 4) is 0 Å². The molecule has 0 spiro atoms. The molecule has 0 fully saturated rings. The van der Waals surface area contributed by atoms with E-state index >= 15 is 0 Å². The first-order valence-corrected chi connectivity index (χ1v) is 7.38. The van der Waals surface area contributed by atoms with Gasteiger partial charge in [-0.3, -0.25) is 11.3 Å². The largest absolute Gasteiger partial charge is 0.271 e. The Hall–Kier alpha value is -1.64. The lowest BCUT2D eigenvalue weighted by molar-refractivity contribution is 0.328. The Kier molecular flexibility index (Phi) is 3.86. The molecule has 1 aliphatic rings. The first kappa shape index (κ1) is 13.3. The quantitative estimate of drug-likeness (QED) is 0.661. The van der Waals surface area contributed by atoms with Crippen molar-refractivity contribution < 1.29 is 0 Å². The summed E-state index contributed by atoms with van der Waals surface area (Å²) in [6, 6.07) is 17.6. The predicted octanol–water partition coefficient (Wildman–Crippen LogP) is 3.30. The first-order valence-electron chi connectivity index (χ1n) is 7.38. The summed E-state index contributed by atoms with van der Waals surface area (Å²) in [5.41, 5.74) is 8.69. The first-order chi connectivity index (χ1) is 9.79. The molecule has 0 saturated carbocycles. The van der Waals surface area contributed by atoms with Crippen LogP contribution in [0.25, 0.3) is 0 Å². The fraction of sp³-hybridized carbons (Fsp3) is 0.333. The summed E-state index contributed by atoms with van der Waals surface area (Å²) in [4.78, 5) is 0. The highest BCUT2D eigenvalue weighted by Crippen LogP contribution is 2.34. The van der Waals surface area contributed by atoms with Gasteiger partial charge in [-0.2, -0.15) is 0 Å². The summed E-state index contributed by atoms with van der Waals surface area (Å²) in [7, 11) is 0. The highest BCUT2D eigenvalue weighted by molar-refractivity contribution is 5.33. The molecule has 2 heteroatoms. The number of nitrogens with two attached hydrogens (primary N) is 1. The second kappa shape index (κ2) is 5.78. The Bertz CT molecular complexity index is 591. The Balaban J connectivity index is 1.87. The molecule has 3 rings (SSSR count). The van der Waals surface area contributed by atoms with Crippen molar-refractivity contribution in [2.45, 2.75) is 32.2 Å². The fourth-order valence-electron chi connectivity index (χ4n) is 3.43. The van der Waals surface area contributed by atoms with Crippen LogP contribution in [0.2, 0.25) is 0 Å². The van der Waals surface area contributed by atoms with Gasteiger partial charge >= 0.3 is 0 Å². The zero-order valence-electron chi connectivity index (χ0n) is 12.0. The van der Waals surface area contributed by atoms with Gasteiger partial charge in [-0.05, 0) is 54.4 Å². The number of benzene rings is 2. The molecule has 20 heavy (non-hydrogen) atoms. The van der Waals surface area contributed by atoms with E-state index < -0.39 is 0 Å². The van der Waals surface area contributed by atoms with Crippen LogP contribution in [0.4, 0.5) is 0 Å². The third-order valence-electron chi connectivity index (χ3n) is 4.56. The van der Waals surface area contributed by atoms with Gasteiger partial charge < -0.3 is 0 Å². The van der Waals surface area contributed by atoms with Crippen LogP contribution in [0.3, 0.4) is 0 Å². The number of fused-ring (bicyclic) bond motifs is 1. The normalized spacial score (nSPS) is 19.4. The Labute approximate surface area is 121 Å². The molecule has 0 aliphatic heterocycles. The molecule has 3 N–H and O–H groups in total. The maximum Gasteiger partial charge on any atom is 0.0494 e. The van der Waals surface area contributed by atoms with E-state index in [0.29, 0.717) is 5.92 Å². The van der Waals surface area contributed by atoms with E-state index in [1.165, 1.54) is 28.7 Å². The summed E-state index contributed by atoms with van der Waals surface area (Å²) in [5.74, 6) is 6.44. The van der Waals surface area contributed by atoms with Crippen molar-refractivity contribution in [2.24, 2.45) is 11.8 Å². The standard InChI is InChI=1S/C18H22N2/c1-13-6-2-5-9-17(13)18(20-19)16-11-10-14-7-3-4-8-15(14)12-16/h2-9,16,18,20H,10-12,19H2,1H3. The average molecular weight is 266 g/mol. The monoisotopic (exact) mass is 266 g/mol. The van der Waals surface area contributed by atoms with Gasteiger partial charge in [0.25, 0.3) is 0 Å². The van der Waals surface area contributed by atoms with Crippen LogP contribution in [0, 0.1) is 12.8 Å². The maximum atomic E-state index is 5.87. The van der Waals surface area contributed by atoms with E-state index in [0.717, 1.165) is 12.8 Å². The molecule has 0 aromatic heterocycles. The van der Waals surface area contributed by atoms with Gasteiger partial charge in [0.05, 0.1) is 0 Å². The minimum absolute atomic E-state index is 0.240. The van der Waals surface area contributed by atoms with E-state index in [-0.39, 0.29) is 6.04 Å². The Morgan fingerprint density at radius 3 is 2.50 bits per heavy atom. The molecule has 0 amide bonds. The zero-order valence-corrected chi connectivity index (χ0v) is 12.0. The SMILES string of the molecule is Cc1ccccc1C(NN)C1CCc2ccccc2C1. The minimum atomic E-state index is 0.240. The summed E-state index contributed by atoms with van der Waals surface area (Å²) >= 11 is 0. The van der Waals surface area contributed by atoms with Gasteiger partial charge in [-0.1, -0.05) is 48.5 Å². The molecule has 2 aromatic rings. The molecular weight excluding hydrogens is 244 g/mol. The molecule has 0 heterocycles. The van der Waals surface area contributed by atoms with Crippen molar-refractivity contribution in [3.05, 3.63) is 70.8 Å². The zero-order chi connectivity index (χ0) is 13.9. The van der Waals surface area contributed by atoms with Crippen molar-refractivity contribution in [2.75, 3.05) is 0 Å². The van der Waals surface area contributed by atoms with Crippen molar-refractivity contribution in [3.63, 3.8) is 0 Å². The van der Waals surface area contributed by atoms with Gasteiger partial charge in [0.1, 0.15) is 0 Å². The van der Waals surface area contributed by atoms with Gasteiger partial charge in [0, 0.05) is 6.04 Å². The molecule has 104 valence electrons. The van der Waals surface area contributed by atoms with E-state index in [9.17, 15) is 0 Å². The van der Waals surface area contributed by atoms with E-state index in [1.54, 1.807) is 0 Å². The molecule has 2 unspecified atom stereocenters. The topological polar surface area (TPSA) is 38.0 Å². The lowest BCUT2D eigenvalue weighted by Crippen LogP contribution is -2.36. The number of aryl methyl sites for hydroxylation is 2. The van der Waals surface area contributed by atoms with Gasteiger partial charge in [-0.15, -0.1) is 0 Å². The van der Waals surface area contributed by atoms with Crippen LogP contribution in [0.1, 0.15) is 34.7 Å². The number of hydrogen-bond donors (Lipinski definition) is 2. The van der Waals surface area contributed by atoms with E-state index in [4.69, 9.17) is 5.84 Å². The lowest BCUT2D eigenvalue weighted by Gasteiger charge is -2.32. The second-order valence-corrected chi connectivity index (χ2v) is 5.77. The number of rotatable bonds is 3. The summed E-state index contributed by atoms with van der Waals surface area (Å²) in [5, 5.41) is 0. The van der Waals surface area contributed by atoms with Gasteiger partial charge in [0.15, 0.2) is 0 Å². The number of hydrazine groups is 1. The third kappa shape index (κ3) is 2.49. The van der Waals surface area contributed by atoms with Crippen LogP contribution in [0.15, 0.2) is 48.5 Å². The van der Waals surface area contributed by atoms with Crippen molar-refractivity contribution >= 4 is 0 Å². The summed E-state index contributed by atoms with van der Waals surface area (Å²) in [6.45, 7) is 2.16. The molecule has 2 aromatic carbocycles. The molecule has 2 atom stereocenters. The number of nitrogens with one attached hydrogen (secondary N) is 1. The average Bonchev–Trinajstić information content (AvgIpc) is 2.50. The highest BCUT2D eigenvalue weighted by atomic mass is 15.2. The van der Waals surface area contributed by atoms with Crippen molar-refractivity contribution in [1.29, 1.82) is 0 Å². The Morgan fingerprint density at radius 2 is 1.75 bits per heavy atom. The predicted molar refractivity (Wildman–Crippen MR) is 83.2 cm³/mol. The summed E-state index contributed by atoms with van der Waals surface area (Å²) in [6.07, 6.45) is 3.46. The molecule has 0 saturated heterocycles. The smallest absolute Gasteiger partial charge is 0.0494 e. The van der Waals surface area contributed by atoms with Gasteiger partial charge in [-0.25, -0.2) is 0 Å². The van der Waals surface area contributed by atoms with Crippen molar-refractivity contribution in [1.82, 2.24) is 5.43 Å². The molecule has 0 bridgehead atoms. The van der Waals surface area contributed by atoms with E-state index in [1.807, 2.05) is 0 Å². The van der Waals surface area contributed by atoms with Crippen LogP contribution in [0.5, 0.6) is 0 Å².